The molecule has 0 N–H and O–H groups in total. The molecule has 0 fully saturated rings. The van der Waals surface area contributed by atoms with Gasteiger partial charge in [-0.1, -0.05) is 54.1 Å². The molecule has 23 heavy (non-hydrogen) atoms. The first-order chi connectivity index (χ1) is 11.1. The van der Waals surface area contributed by atoms with E-state index in [2.05, 4.69) is 81.4 Å². The maximum absolute atomic E-state index is 2.33. The molecule has 0 aliphatic carbocycles. The maximum atomic E-state index is 2.33. The Labute approximate surface area is 141 Å². The Balaban J connectivity index is 2.02. The normalized spacial score (nSPS) is 13.5. The van der Waals surface area contributed by atoms with E-state index in [1.165, 1.54) is 42.5 Å². The van der Waals surface area contributed by atoms with Crippen molar-refractivity contribution in [1.82, 2.24) is 0 Å². The van der Waals surface area contributed by atoms with Gasteiger partial charge in [0.2, 0.25) is 0 Å². The van der Waals surface area contributed by atoms with Crippen molar-refractivity contribution in [3.05, 3.63) is 88.5 Å². The first-order valence-electron chi connectivity index (χ1n) is 8.13. The van der Waals surface area contributed by atoms with E-state index in [0.717, 1.165) is 6.42 Å². The smallest absolute Gasteiger partial charge is 0.0616 e. The summed E-state index contributed by atoms with van der Waals surface area (Å²) in [7, 11) is 0.0107. The molecule has 0 saturated heterocycles. The van der Waals surface area contributed by atoms with Gasteiger partial charge in [-0.3, -0.25) is 0 Å². The Kier molecular flexibility index (Phi) is 3.54. The first-order valence-corrected chi connectivity index (χ1v) is 9.35. The quantitative estimate of drug-likeness (QED) is 0.400. The Morgan fingerprint density at radius 3 is 1.70 bits per heavy atom. The first kappa shape index (κ1) is 14.6. The van der Waals surface area contributed by atoms with Crippen molar-refractivity contribution in [2.24, 2.45) is 0 Å². The number of aryl methyl sites for hydroxylation is 3. The highest BCUT2D eigenvalue weighted by molar-refractivity contribution is 7.97. The highest BCUT2D eigenvalue weighted by Gasteiger charge is 2.38. The van der Waals surface area contributed by atoms with Crippen molar-refractivity contribution in [3.63, 3.8) is 0 Å². The highest BCUT2D eigenvalue weighted by atomic mass is 32.2. The van der Waals surface area contributed by atoms with E-state index >= 15 is 0 Å². The standard InChI is InChI=1S/C22H21S/c1-15-12-16(2)22(17(3)13-15)23-20-10-6-4-8-18(20)14-19-9-5-7-11-21(19)23/h4-13H,14H2,1-3H3/q+1. The summed E-state index contributed by atoms with van der Waals surface area (Å²) in [6.07, 6.45) is 1.06. The lowest BCUT2D eigenvalue weighted by Crippen LogP contribution is -2.17. The molecule has 3 aromatic rings. The van der Waals surface area contributed by atoms with Gasteiger partial charge in [0.25, 0.3) is 0 Å². The van der Waals surface area contributed by atoms with Gasteiger partial charge in [0.1, 0.15) is 10.9 Å². The van der Waals surface area contributed by atoms with Crippen molar-refractivity contribution < 1.29 is 0 Å². The Hall–Kier alpha value is -1.99. The van der Waals surface area contributed by atoms with Crippen LogP contribution in [0.3, 0.4) is 0 Å². The Bertz CT molecular complexity index is 823. The second-order valence-corrected chi connectivity index (χ2v) is 8.33. The van der Waals surface area contributed by atoms with E-state index in [-0.39, 0.29) is 10.9 Å². The van der Waals surface area contributed by atoms with Crippen molar-refractivity contribution in [2.45, 2.75) is 41.9 Å². The van der Waals surface area contributed by atoms with Crippen LogP contribution in [-0.4, -0.2) is 0 Å². The van der Waals surface area contributed by atoms with E-state index in [0.29, 0.717) is 0 Å². The van der Waals surface area contributed by atoms with E-state index in [1.54, 1.807) is 0 Å². The zero-order valence-electron chi connectivity index (χ0n) is 13.9. The summed E-state index contributed by atoms with van der Waals surface area (Å²) >= 11 is 0. The number of hydrogen-bond donors (Lipinski definition) is 0. The SMILES string of the molecule is Cc1cc(C)c([S+]2c3ccccc3Cc3ccccc32)c(C)c1. The maximum Gasteiger partial charge on any atom is 0.172 e. The van der Waals surface area contributed by atoms with Crippen LogP contribution in [0.2, 0.25) is 0 Å². The van der Waals surface area contributed by atoms with Crippen LogP contribution >= 0.6 is 0 Å². The van der Waals surface area contributed by atoms with Gasteiger partial charge in [-0.15, -0.1) is 0 Å². The number of hydrogen-bond acceptors (Lipinski definition) is 0. The molecule has 0 aromatic heterocycles. The molecule has 1 aliphatic rings. The summed E-state index contributed by atoms with van der Waals surface area (Å²) in [4.78, 5) is 4.51. The molecule has 0 atom stereocenters. The summed E-state index contributed by atoms with van der Waals surface area (Å²) in [5, 5.41) is 0. The summed E-state index contributed by atoms with van der Waals surface area (Å²) < 4.78 is 0. The van der Waals surface area contributed by atoms with Crippen LogP contribution in [0.1, 0.15) is 27.8 Å². The monoisotopic (exact) mass is 317 g/mol. The van der Waals surface area contributed by atoms with Crippen LogP contribution in [0.25, 0.3) is 0 Å². The molecule has 0 spiro atoms. The average Bonchev–Trinajstić information content (AvgIpc) is 2.53. The minimum atomic E-state index is 0.0107. The van der Waals surface area contributed by atoms with Crippen LogP contribution in [0, 0.1) is 20.8 Å². The lowest BCUT2D eigenvalue weighted by Gasteiger charge is -2.21. The highest BCUT2D eigenvalue weighted by Crippen LogP contribution is 2.42. The minimum Gasteiger partial charge on any atom is -0.0616 e. The van der Waals surface area contributed by atoms with E-state index < -0.39 is 0 Å². The van der Waals surface area contributed by atoms with E-state index in [9.17, 15) is 0 Å². The number of benzene rings is 3. The molecule has 0 amide bonds. The average molecular weight is 317 g/mol. The van der Waals surface area contributed by atoms with Gasteiger partial charge in [-0.05, 0) is 32.9 Å². The number of fused-ring (bicyclic) bond motifs is 2. The summed E-state index contributed by atoms with van der Waals surface area (Å²) in [5.74, 6) is 0. The van der Waals surface area contributed by atoms with Crippen LogP contribution in [-0.2, 0) is 17.3 Å². The van der Waals surface area contributed by atoms with Crippen LogP contribution in [0.5, 0.6) is 0 Å². The topological polar surface area (TPSA) is 0 Å². The number of rotatable bonds is 1. The van der Waals surface area contributed by atoms with Crippen molar-refractivity contribution in [3.8, 4) is 0 Å². The second kappa shape index (κ2) is 5.58. The fourth-order valence-corrected chi connectivity index (χ4v) is 6.40. The van der Waals surface area contributed by atoms with Crippen molar-refractivity contribution >= 4 is 10.9 Å². The fraction of sp³-hybridized carbons (Fsp3) is 0.182. The predicted molar refractivity (Wildman–Crippen MR) is 98.5 cm³/mol. The lowest BCUT2D eigenvalue weighted by molar-refractivity contribution is 1.03. The minimum absolute atomic E-state index is 0.0107. The molecule has 114 valence electrons. The van der Waals surface area contributed by atoms with Crippen molar-refractivity contribution in [1.29, 1.82) is 0 Å². The molecule has 0 saturated carbocycles. The van der Waals surface area contributed by atoms with Crippen molar-refractivity contribution in [2.75, 3.05) is 0 Å². The largest absolute Gasteiger partial charge is 0.172 e. The lowest BCUT2D eigenvalue weighted by atomic mass is 10.0. The Morgan fingerprint density at radius 2 is 1.17 bits per heavy atom. The molecule has 0 unspecified atom stereocenters. The van der Waals surface area contributed by atoms with Gasteiger partial charge in [-0.2, -0.15) is 0 Å². The summed E-state index contributed by atoms with van der Waals surface area (Å²) in [5.41, 5.74) is 7.14. The van der Waals surface area contributed by atoms with Gasteiger partial charge in [-0.25, -0.2) is 0 Å². The van der Waals surface area contributed by atoms with Gasteiger partial charge in [0, 0.05) is 28.7 Å². The van der Waals surface area contributed by atoms with Crippen LogP contribution in [0.15, 0.2) is 75.4 Å². The molecule has 3 aromatic carbocycles. The molecule has 0 radical (unpaired) electrons. The predicted octanol–water partition coefficient (Wildman–Crippen LogP) is 5.61. The van der Waals surface area contributed by atoms with Gasteiger partial charge < -0.3 is 0 Å². The fourth-order valence-electron chi connectivity index (χ4n) is 3.73. The summed E-state index contributed by atoms with van der Waals surface area (Å²) in [6, 6.07) is 22.6. The Morgan fingerprint density at radius 1 is 0.696 bits per heavy atom. The van der Waals surface area contributed by atoms with E-state index in [4.69, 9.17) is 0 Å². The molecule has 1 aliphatic heterocycles. The molecular formula is C22H21S+. The van der Waals surface area contributed by atoms with Gasteiger partial charge in [0.05, 0.1) is 0 Å². The van der Waals surface area contributed by atoms with Gasteiger partial charge >= 0.3 is 0 Å². The molecular weight excluding hydrogens is 296 g/mol. The third-order valence-electron chi connectivity index (χ3n) is 4.57. The van der Waals surface area contributed by atoms with E-state index in [1.807, 2.05) is 0 Å². The zero-order chi connectivity index (χ0) is 16.0. The van der Waals surface area contributed by atoms with Gasteiger partial charge in [0.15, 0.2) is 14.7 Å². The second-order valence-electron chi connectivity index (χ2n) is 6.43. The molecule has 0 bridgehead atoms. The third-order valence-corrected chi connectivity index (χ3v) is 7.30. The molecule has 1 heteroatoms. The zero-order valence-corrected chi connectivity index (χ0v) is 14.7. The van der Waals surface area contributed by atoms with Crippen LogP contribution < -0.4 is 0 Å². The third kappa shape index (κ3) is 2.40. The molecule has 1 heterocycles. The molecule has 4 rings (SSSR count). The van der Waals surface area contributed by atoms with Crippen LogP contribution in [0.4, 0.5) is 0 Å². The molecule has 0 nitrogen and oxygen atoms in total. The summed E-state index contributed by atoms with van der Waals surface area (Å²) in [6.45, 7) is 6.72.